The van der Waals surface area contributed by atoms with Gasteiger partial charge in [-0.3, -0.25) is 4.90 Å². The first-order chi connectivity index (χ1) is 10.2. The van der Waals surface area contributed by atoms with Crippen molar-refractivity contribution in [3.63, 3.8) is 0 Å². The Morgan fingerprint density at radius 1 is 1.24 bits per heavy atom. The Bertz CT molecular complexity index is 497. The summed E-state index contributed by atoms with van der Waals surface area (Å²) in [5, 5.41) is 0. The third kappa shape index (κ3) is 4.42. The van der Waals surface area contributed by atoms with E-state index in [0.717, 1.165) is 42.8 Å². The first kappa shape index (κ1) is 14.8. The van der Waals surface area contributed by atoms with Crippen LogP contribution in [0.3, 0.4) is 0 Å². The number of thiocarbonyl (C=S) groups is 1. The Morgan fingerprint density at radius 2 is 2.00 bits per heavy atom. The van der Waals surface area contributed by atoms with Crippen molar-refractivity contribution < 1.29 is 4.74 Å². The van der Waals surface area contributed by atoms with Gasteiger partial charge in [0.15, 0.2) is 0 Å². The van der Waals surface area contributed by atoms with Gasteiger partial charge in [-0.2, -0.15) is 0 Å². The molecule has 0 bridgehead atoms. The Balaban J connectivity index is 1.44. The molecule has 0 aliphatic heterocycles. The smallest absolute Gasteiger partial charge is 0.129 e. The van der Waals surface area contributed by atoms with Crippen LogP contribution in [0.15, 0.2) is 24.3 Å². The number of hydrogen-bond donors (Lipinski definition) is 1. The molecule has 114 valence electrons. The third-order valence-electron chi connectivity index (χ3n) is 4.25. The van der Waals surface area contributed by atoms with E-state index in [1.165, 1.54) is 32.2 Å². The second-order valence-corrected chi connectivity index (χ2v) is 6.67. The van der Waals surface area contributed by atoms with E-state index in [0.29, 0.717) is 4.99 Å². The van der Waals surface area contributed by atoms with Crippen molar-refractivity contribution in [3.8, 4) is 5.75 Å². The van der Waals surface area contributed by atoms with Crippen molar-refractivity contribution in [2.45, 2.75) is 38.1 Å². The standard InChI is InChI=1S/C17H24N2OS/c18-17(21)15-4-1-2-5-16(15)20-11-3-10-19(14-8-9-14)12-13-6-7-13/h1-2,4-5,13-14H,3,6-12H2,(H2,18,21). The second-order valence-electron chi connectivity index (χ2n) is 6.23. The SMILES string of the molecule is NC(=S)c1ccccc1OCCCN(CC1CC1)C1CC1. The van der Waals surface area contributed by atoms with Crippen LogP contribution < -0.4 is 10.5 Å². The molecule has 0 spiro atoms. The zero-order chi connectivity index (χ0) is 14.7. The Hall–Kier alpha value is -1.13. The molecule has 3 nitrogen and oxygen atoms in total. The maximum atomic E-state index is 5.88. The van der Waals surface area contributed by atoms with Gasteiger partial charge in [-0.05, 0) is 50.2 Å². The fourth-order valence-electron chi connectivity index (χ4n) is 2.74. The summed E-state index contributed by atoms with van der Waals surface area (Å²) in [5.41, 5.74) is 6.56. The van der Waals surface area contributed by atoms with Gasteiger partial charge in [-0.15, -0.1) is 0 Å². The summed E-state index contributed by atoms with van der Waals surface area (Å²) in [4.78, 5) is 3.07. The summed E-state index contributed by atoms with van der Waals surface area (Å²) in [7, 11) is 0. The first-order valence-electron chi connectivity index (χ1n) is 7.99. The number of para-hydroxylation sites is 1. The minimum atomic E-state index is 0.402. The van der Waals surface area contributed by atoms with E-state index in [2.05, 4.69) is 4.90 Å². The minimum absolute atomic E-state index is 0.402. The summed E-state index contributed by atoms with van der Waals surface area (Å²) in [5.74, 6) is 1.78. The van der Waals surface area contributed by atoms with Gasteiger partial charge < -0.3 is 10.5 Å². The highest BCUT2D eigenvalue weighted by Gasteiger charge is 2.33. The Kier molecular flexibility index (Phi) is 4.76. The quantitative estimate of drug-likeness (QED) is 0.562. The Labute approximate surface area is 132 Å². The molecule has 2 aliphatic carbocycles. The average Bonchev–Trinajstić information content (AvgIpc) is 3.36. The third-order valence-corrected chi connectivity index (χ3v) is 4.47. The molecule has 0 unspecified atom stereocenters. The minimum Gasteiger partial charge on any atom is -0.493 e. The molecular weight excluding hydrogens is 280 g/mol. The number of ether oxygens (including phenoxy) is 1. The summed E-state index contributed by atoms with van der Waals surface area (Å²) < 4.78 is 5.88. The van der Waals surface area contributed by atoms with Crippen LogP contribution in [-0.4, -0.2) is 35.6 Å². The number of nitrogens with two attached hydrogens (primary N) is 1. The van der Waals surface area contributed by atoms with Gasteiger partial charge in [0.2, 0.25) is 0 Å². The van der Waals surface area contributed by atoms with Crippen molar-refractivity contribution in [1.82, 2.24) is 4.90 Å². The van der Waals surface area contributed by atoms with Crippen molar-refractivity contribution in [2.24, 2.45) is 11.7 Å². The second kappa shape index (κ2) is 6.75. The zero-order valence-corrected chi connectivity index (χ0v) is 13.3. The first-order valence-corrected chi connectivity index (χ1v) is 8.40. The van der Waals surface area contributed by atoms with Gasteiger partial charge in [0.25, 0.3) is 0 Å². The molecule has 0 aromatic heterocycles. The fraction of sp³-hybridized carbons (Fsp3) is 0.588. The highest BCUT2D eigenvalue weighted by Crippen LogP contribution is 2.34. The van der Waals surface area contributed by atoms with Crippen LogP contribution in [0.4, 0.5) is 0 Å². The highest BCUT2D eigenvalue weighted by molar-refractivity contribution is 7.80. The van der Waals surface area contributed by atoms with Gasteiger partial charge in [-0.1, -0.05) is 24.4 Å². The number of hydrogen-bond acceptors (Lipinski definition) is 3. The lowest BCUT2D eigenvalue weighted by Crippen LogP contribution is -2.30. The van der Waals surface area contributed by atoms with Crippen LogP contribution >= 0.6 is 12.2 Å². The van der Waals surface area contributed by atoms with Gasteiger partial charge >= 0.3 is 0 Å². The predicted octanol–water partition coefficient (Wildman–Crippen LogP) is 2.96. The molecule has 2 N–H and O–H groups in total. The highest BCUT2D eigenvalue weighted by atomic mass is 32.1. The number of nitrogens with zero attached hydrogens (tertiary/aromatic N) is 1. The predicted molar refractivity (Wildman–Crippen MR) is 89.8 cm³/mol. The number of benzene rings is 1. The van der Waals surface area contributed by atoms with Crippen molar-refractivity contribution >= 4 is 17.2 Å². The van der Waals surface area contributed by atoms with Crippen molar-refractivity contribution in [1.29, 1.82) is 0 Å². The summed E-state index contributed by atoms with van der Waals surface area (Å²) in [6.45, 7) is 3.18. The molecule has 2 fully saturated rings. The molecule has 1 aromatic rings. The molecule has 0 atom stereocenters. The molecule has 0 saturated heterocycles. The van der Waals surface area contributed by atoms with Crippen LogP contribution in [0.5, 0.6) is 5.75 Å². The van der Waals surface area contributed by atoms with Crippen molar-refractivity contribution in [2.75, 3.05) is 19.7 Å². The lowest BCUT2D eigenvalue weighted by Gasteiger charge is -2.21. The zero-order valence-electron chi connectivity index (χ0n) is 12.5. The molecule has 2 aliphatic rings. The van der Waals surface area contributed by atoms with E-state index in [1.807, 2.05) is 24.3 Å². The van der Waals surface area contributed by atoms with Crippen LogP contribution in [0.1, 0.15) is 37.7 Å². The summed E-state index contributed by atoms with van der Waals surface area (Å²) in [6, 6.07) is 8.61. The molecule has 0 amide bonds. The van der Waals surface area contributed by atoms with E-state index in [1.54, 1.807) is 0 Å². The Morgan fingerprint density at radius 3 is 2.67 bits per heavy atom. The summed E-state index contributed by atoms with van der Waals surface area (Å²) >= 11 is 5.06. The maximum Gasteiger partial charge on any atom is 0.129 e. The molecule has 1 aromatic carbocycles. The van der Waals surface area contributed by atoms with Crippen LogP contribution in [0, 0.1) is 5.92 Å². The van der Waals surface area contributed by atoms with Crippen LogP contribution in [0.2, 0.25) is 0 Å². The lowest BCUT2D eigenvalue weighted by atomic mass is 10.2. The normalized spacial score (nSPS) is 18.0. The van der Waals surface area contributed by atoms with Crippen LogP contribution in [-0.2, 0) is 0 Å². The van der Waals surface area contributed by atoms with E-state index in [9.17, 15) is 0 Å². The molecule has 0 heterocycles. The monoisotopic (exact) mass is 304 g/mol. The van der Waals surface area contributed by atoms with Gasteiger partial charge in [0.1, 0.15) is 10.7 Å². The van der Waals surface area contributed by atoms with E-state index in [4.69, 9.17) is 22.7 Å². The summed E-state index contributed by atoms with van der Waals surface area (Å²) in [6.07, 6.45) is 6.70. The average molecular weight is 304 g/mol. The molecule has 2 saturated carbocycles. The van der Waals surface area contributed by atoms with Gasteiger partial charge in [0, 0.05) is 19.1 Å². The molecular formula is C17H24N2OS. The van der Waals surface area contributed by atoms with Crippen molar-refractivity contribution in [3.05, 3.63) is 29.8 Å². The van der Waals surface area contributed by atoms with E-state index >= 15 is 0 Å². The molecule has 21 heavy (non-hydrogen) atoms. The number of rotatable bonds is 9. The molecule has 3 rings (SSSR count). The topological polar surface area (TPSA) is 38.5 Å². The molecule has 4 heteroatoms. The lowest BCUT2D eigenvalue weighted by molar-refractivity contribution is 0.220. The fourth-order valence-corrected chi connectivity index (χ4v) is 2.91. The molecule has 0 radical (unpaired) electrons. The van der Waals surface area contributed by atoms with E-state index < -0.39 is 0 Å². The van der Waals surface area contributed by atoms with E-state index in [-0.39, 0.29) is 0 Å². The van der Waals surface area contributed by atoms with Gasteiger partial charge in [0.05, 0.1) is 12.2 Å². The van der Waals surface area contributed by atoms with Gasteiger partial charge in [-0.25, -0.2) is 0 Å². The largest absolute Gasteiger partial charge is 0.493 e. The maximum absolute atomic E-state index is 5.88. The van der Waals surface area contributed by atoms with Crippen LogP contribution in [0.25, 0.3) is 0 Å².